The van der Waals surface area contributed by atoms with Crippen LogP contribution in [0, 0.1) is 0 Å². The van der Waals surface area contributed by atoms with Crippen LogP contribution in [0.4, 0.5) is 4.79 Å². The first kappa shape index (κ1) is 14.3. The van der Waals surface area contributed by atoms with E-state index in [0.29, 0.717) is 32.0 Å². The number of carbonyl (C=O) groups is 1. The van der Waals surface area contributed by atoms with Crippen LogP contribution in [0.3, 0.4) is 0 Å². The van der Waals surface area contributed by atoms with Crippen LogP contribution < -0.4 is 15.9 Å². The molecule has 3 N–H and O–H groups in total. The number of urea groups is 1. The van der Waals surface area contributed by atoms with Gasteiger partial charge in [-0.15, -0.1) is 0 Å². The predicted octanol–water partition coefficient (Wildman–Crippen LogP) is 0.831. The number of hydrogen-bond acceptors (Lipinski definition) is 5. The molecule has 0 unspecified atom stereocenters. The van der Waals surface area contributed by atoms with Gasteiger partial charge in [0.25, 0.3) is 0 Å². The maximum absolute atomic E-state index is 10.5. The Morgan fingerprint density at radius 3 is 3.05 bits per heavy atom. The highest BCUT2D eigenvalue weighted by Gasteiger charge is 2.15. The second-order valence-corrected chi connectivity index (χ2v) is 4.12. The molecule has 7 nitrogen and oxygen atoms in total. The van der Waals surface area contributed by atoms with Gasteiger partial charge in [-0.25, -0.2) is 10.2 Å². The van der Waals surface area contributed by atoms with E-state index in [4.69, 9.17) is 19.9 Å². The van der Waals surface area contributed by atoms with Gasteiger partial charge in [0.15, 0.2) is 6.29 Å². The van der Waals surface area contributed by atoms with Gasteiger partial charge in [-0.2, -0.15) is 5.10 Å². The third-order valence-electron chi connectivity index (χ3n) is 2.56. The van der Waals surface area contributed by atoms with Crippen molar-refractivity contribution in [3.8, 4) is 5.75 Å². The molecular formula is C13H17N3O4. The van der Waals surface area contributed by atoms with Gasteiger partial charge in [0, 0.05) is 6.42 Å². The topological polar surface area (TPSA) is 95.2 Å². The highest BCUT2D eigenvalue weighted by atomic mass is 16.7. The quantitative estimate of drug-likeness (QED) is 0.595. The molecule has 0 aliphatic carbocycles. The van der Waals surface area contributed by atoms with Crippen LogP contribution in [-0.2, 0) is 9.47 Å². The fourth-order valence-electron chi connectivity index (χ4n) is 1.70. The van der Waals surface area contributed by atoms with Gasteiger partial charge in [-0.3, -0.25) is 0 Å². The van der Waals surface area contributed by atoms with Crippen LogP contribution in [0.25, 0.3) is 0 Å². The van der Waals surface area contributed by atoms with Gasteiger partial charge in [0.1, 0.15) is 5.75 Å². The van der Waals surface area contributed by atoms with Crippen molar-refractivity contribution in [3.63, 3.8) is 0 Å². The lowest BCUT2D eigenvalue weighted by molar-refractivity contribution is -0.0531. The number of nitrogens with one attached hydrogen (secondary N) is 1. The lowest BCUT2D eigenvalue weighted by Crippen LogP contribution is -2.24. The number of nitrogens with two attached hydrogens (primary N) is 1. The summed E-state index contributed by atoms with van der Waals surface area (Å²) in [4.78, 5) is 10.5. The van der Waals surface area contributed by atoms with E-state index in [1.165, 1.54) is 6.21 Å². The Morgan fingerprint density at radius 1 is 1.50 bits per heavy atom. The van der Waals surface area contributed by atoms with Crippen molar-refractivity contribution in [2.24, 2.45) is 10.8 Å². The van der Waals surface area contributed by atoms with Crippen molar-refractivity contribution in [1.29, 1.82) is 0 Å². The normalized spacial score (nSPS) is 15.6. The number of rotatable bonds is 6. The van der Waals surface area contributed by atoms with E-state index in [1.807, 2.05) is 24.3 Å². The number of benzene rings is 1. The summed E-state index contributed by atoms with van der Waals surface area (Å²) in [6.45, 7) is 1.79. The summed E-state index contributed by atoms with van der Waals surface area (Å²) in [5.74, 6) is 0.714. The molecule has 108 valence electrons. The lowest BCUT2D eigenvalue weighted by Gasteiger charge is -2.10. The van der Waals surface area contributed by atoms with Crippen molar-refractivity contribution >= 4 is 12.2 Å². The Hall–Kier alpha value is -2.12. The van der Waals surface area contributed by atoms with Crippen LogP contribution in [0.1, 0.15) is 12.0 Å². The molecule has 0 saturated carbocycles. The lowest BCUT2D eigenvalue weighted by atomic mass is 10.2. The summed E-state index contributed by atoms with van der Waals surface area (Å²) in [5, 5.41) is 3.68. The van der Waals surface area contributed by atoms with Crippen molar-refractivity contribution < 1.29 is 19.0 Å². The maximum Gasteiger partial charge on any atom is 0.332 e. The maximum atomic E-state index is 10.5. The zero-order valence-corrected chi connectivity index (χ0v) is 11.0. The molecule has 1 heterocycles. The molecule has 0 bridgehead atoms. The molecular weight excluding hydrogens is 262 g/mol. The minimum Gasteiger partial charge on any atom is -0.493 e. The third-order valence-corrected chi connectivity index (χ3v) is 2.56. The summed E-state index contributed by atoms with van der Waals surface area (Å²) in [6.07, 6.45) is 2.00. The highest BCUT2D eigenvalue weighted by Crippen LogP contribution is 2.14. The second kappa shape index (κ2) is 7.46. The Morgan fingerprint density at radius 2 is 2.30 bits per heavy atom. The Labute approximate surface area is 116 Å². The number of amides is 2. The number of hydrazone groups is 1. The number of primary amides is 1. The molecule has 20 heavy (non-hydrogen) atoms. The molecule has 1 fully saturated rings. The predicted molar refractivity (Wildman–Crippen MR) is 72.6 cm³/mol. The third kappa shape index (κ3) is 4.87. The molecule has 1 aromatic rings. The van der Waals surface area contributed by atoms with Gasteiger partial charge in [-0.1, -0.05) is 12.1 Å². The van der Waals surface area contributed by atoms with Crippen molar-refractivity contribution in [1.82, 2.24) is 5.43 Å². The van der Waals surface area contributed by atoms with E-state index in [2.05, 4.69) is 10.5 Å². The molecule has 0 spiro atoms. The van der Waals surface area contributed by atoms with Crippen LogP contribution >= 0.6 is 0 Å². The van der Waals surface area contributed by atoms with E-state index >= 15 is 0 Å². The molecule has 0 aromatic heterocycles. The van der Waals surface area contributed by atoms with Gasteiger partial charge in [0.05, 0.1) is 26.0 Å². The fourth-order valence-corrected chi connectivity index (χ4v) is 1.70. The number of ether oxygens (including phenoxy) is 3. The summed E-state index contributed by atoms with van der Waals surface area (Å²) < 4.78 is 16.2. The van der Waals surface area contributed by atoms with Crippen molar-refractivity contribution in [2.75, 3.05) is 19.8 Å². The number of carbonyl (C=O) groups excluding carboxylic acids is 1. The highest BCUT2D eigenvalue weighted by molar-refractivity contribution is 5.81. The summed E-state index contributed by atoms with van der Waals surface area (Å²) in [5.41, 5.74) is 7.82. The van der Waals surface area contributed by atoms with Crippen molar-refractivity contribution in [3.05, 3.63) is 29.8 Å². The minimum absolute atomic E-state index is 0.167. The fraction of sp³-hybridized carbons (Fsp3) is 0.385. The standard InChI is InChI=1S/C13H17N3O4/c14-13(17)16-15-9-10-2-1-3-11(8-10)18-5-4-12-19-6-7-20-12/h1-3,8-9,12H,4-7H2,(H3,14,16,17). The van der Waals surface area contributed by atoms with E-state index in [1.54, 1.807) is 0 Å². The average Bonchev–Trinajstić information content (AvgIpc) is 2.92. The molecule has 7 heteroatoms. The van der Waals surface area contributed by atoms with Crippen molar-refractivity contribution in [2.45, 2.75) is 12.7 Å². The first-order valence-electron chi connectivity index (χ1n) is 6.28. The zero-order chi connectivity index (χ0) is 14.2. The number of nitrogens with zero attached hydrogens (tertiary/aromatic N) is 1. The van der Waals surface area contributed by atoms with E-state index in [-0.39, 0.29) is 6.29 Å². The summed E-state index contributed by atoms with van der Waals surface area (Å²) in [6, 6.07) is 6.62. The SMILES string of the molecule is NC(=O)NN=Cc1cccc(OCCC2OCCO2)c1. The minimum atomic E-state index is -0.704. The van der Waals surface area contributed by atoms with E-state index < -0.39 is 6.03 Å². The van der Waals surface area contributed by atoms with Gasteiger partial charge < -0.3 is 19.9 Å². The molecule has 1 saturated heterocycles. The largest absolute Gasteiger partial charge is 0.493 e. The molecule has 2 rings (SSSR count). The van der Waals surface area contributed by atoms with Crippen LogP contribution in [0.2, 0.25) is 0 Å². The molecule has 1 aliphatic heterocycles. The molecule has 1 aliphatic rings. The second-order valence-electron chi connectivity index (χ2n) is 4.12. The molecule has 1 aromatic carbocycles. The Balaban J connectivity index is 1.79. The first-order chi connectivity index (χ1) is 9.74. The summed E-state index contributed by atoms with van der Waals surface area (Å²) >= 11 is 0. The van der Waals surface area contributed by atoms with Crippen LogP contribution in [-0.4, -0.2) is 38.4 Å². The van der Waals surface area contributed by atoms with Crippen LogP contribution in [0.15, 0.2) is 29.4 Å². The molecule has 0 atom stereocenters. The molecule has 2 amide bonds. The Bertz CT molecular complexity index is 472. The zero-order valence-electron chi connectivity index (χ0n) is 11.0. The van der Waals surface area contributed by atoms with Crippen LogP contribution in [0.5, 0.6) is 5.75 Å². The van der Waals surface area contributed by atoms with Gasteiger partial charge in [-0.05, 0) is 17.7 Å². The van der Waals surface area contributed by atoms with Gasteiger partial charge in [0.2, 0.25) is 0 Å². The first-order valence-corrected chi connectivity index (χ1v) is 6.28. The monoisotopic (exact) mass is 279 g/mol. The van der Waals surface area contributed by atoms with E-state index in [0.717, 1.165) is 5.56 Å². The van der Waals surface area contributed by atoms with Gasteiger partial charge >= 0.3 is 6.03 Å². The molecule has 0 radical (unpaired) electrons. The smallest absolute Gasteiger partial charge is 0.332 e. The Kier molecular flexibility index (Phi) is 5.33. The van der Waals surface area contributed by atoms with E-state index in [9.17, 15) is 4.79 Å². The number of hydrogen-bond donors (Lipinski definition) is 2. The average molecular weight is 279 g/mol. The summed E-state index contributed by atoms with van der Waals surface area (Å²) in [7, 11) is 0.